The van der Waals surface area contributed by atoms with Gasteiger partial charge in [-0.05, 0) is 60.9 Å². The number of aryl methyl sites for hydroxylation is 1. The molecule has 0 saturated heterocycles. The first-order chi connectivity index (χ1) is 13.6. The van der Waals surface area contributed by atoms with Gasteiger partial charge < -0.3 is 9.64 Å². The van der Waals surface area contributed by atoms with Crippen LogP contribution in [0, 0.1) is 0 Å². The minimum absolute atomic E-state index is 0.192. The second-order valence-electron chi connectivity index (χ2n) is 6.79. The molecule has 142 valence electrons. The lowest BCUT2D eigenvalue weighted by Gasteiger charge is -2.25. The van der Waals surface area contributed by atoms with Crippen LogP contribution >= 0.6 is 0 Å². The second-order valence-corrected chi connectivity index (χ2v) is 6.79. The molecule has 0 atom stereocenters. The van der Waals surface area contributed by atoms with Crippen molar-refractivity contribution in [3.05, 3.63) is 103 Å². The van der Waals surface area contributed by atoms with E-state index < -0.39 is 0 Å². The fourth-order valence-corrected chi connectivity index (χ4v) is 2.94. The van der Waals surface area contributed by atoms with E-state index in [0.717, 1.165) is 28.2 Å². The van der Waals surface area contributed by atoms with Crippen LogP contribution in [0.1, 0.15) is 18.9 Å². The molecule has 0 bridgehead atoms. The van der Waals surface area contributed by atoms with Crippen LogP contribution in [-0.2, 0) is 16.0 Å². The van der Waals surface area contributed by atoms with Gasteiger partial charge in [0.1, 0.15) is 6.61 Å². The van der Waals surface area contributed by atoms with Crippen molar-refractivity contribution in [2.24, 2.45) is 0 Å². The topological polar surface area (TPSA) is 29.5 Å². The molecule has 3 aromatic carbocycles. The lowest BCUT2D eigenvalue weighted by atomic mass is 10.1. The van der Waals surface area contributed by atoms with Gasteiger partial charge in [-0.25, -0.2) is 0 Å². The monoisotopic (exact) mass is 371 g/mol. The highest BCUT2D eigenvalue weighted by atomic mass is 16.5. The molecule has 28 heavy (non-hydrogen) atoms. The highest BCUT2D eigenvalue weighted by Gasteiger charge is 2.12. The maximum atomic E-state index is 11.8. The predicted octanol–water partition coefficient (Wildman–Crippen LogP) is 6.21. The van der Waals surface area contributed by atoms with Crippen LogP contribution in [0.5, 0.6) is 0 Å². The summed E-state index contributed by atoms with van der Waals surface area (Å²) in [5, 5.41) is 0. The highest BCUT2D eigenvalue weighted by Crippen LogP contribution is 2.34. The van der Waals surface area contributed by atoms with Crippen LogP contribution in [0.25, 0.3) is 0 Å². The number of para-hydroxylation sites is 2. The number of hydrogen-bond donors (Lipinski definition) is 0. The third kappa shape index (κ3) is 5.34. The van der Waals surface area contributed by atoms with Gasteiger partial charge in [-0.15, -0.1) is 0 Å². The Morgan fingerprint density at radius 2 is 1.32 bits per heavy atom. The van der Waals surface area contributed by atoms with Crippen LogP contribution in [0.2, 0.25) is 0 Å². The van der Waals surface area contributed by atoms with Crippen LogP contribution in [0.3, 0.4) is 0 Å². The Balaban J connectivity index is 1.74. The molecule has 0 aliphatic heterocycles. The van der Waals surface area contributed by atoms with Crippen LogP contribution in [0.15, 0.2) is 97.1 Å². The van der Waals surface area contributed by atoms with Crippen molar-refractivity contribution in [2.75, 3.05) is 11.5 Å². The molecule has 0 amide bonds. The molecule has 0 aliphatic rings. The van der Waals surface area contributed by atoms with Crippen LogP contribution in [0.4, 0.5) is 17.1 Å². The molecule has 0 aromatic heterocycles. The average molecular weight is 371 g/mol. The van der Waals surface area contributed by atoms with E-state index in [4.69, 9.17) is 4.74 Å². The standard InChI is InChI=1S/C25H25NO2/c1-20(2)19-28-25(27)18-15-21-13-16-24(17-14-21)26(22-9-5-3-6-10-22)23-11-7-4-8-12-23/h3-14,16-17H,1,15,18-19H2,2H3. The zero-order chi connectivity index (χ0) is 19.8. The molecule has 3 heteroatoms. The minimum atomic E-state index is -0.192. The number of nitrogens with zero attached hydrogens (tertiary/aromatic N) is 1. The van der Waals surface area contributed by atoms with Gasteiger partial charge in [-0.2, -0.15) is 0 Å². The summed E-state index contributed by atoms with van der Waals surface area (Å²) in [4.78, 5) is 14.0. The lowest BCUT2D eigenvalue weighted by molar-refractivity contribution is -0.142. The summed E-state index contributed by atoms with van der Waals surface area (Å²) < 4.78 is 5.16. The number of anilines is 3. The average Bonchev–Trinajstić information content (AvgIpc) is 2.73. The molecule has 0 fully saturated rings. The maximum absolute atomic E-state index is 11.8. The summed E-state index contributed by atoms with van der Waals surface area (Å²) in [6.07, 6.45) is 1.03. The SMILES string of the molecule is C=C(C)COC(=O)CCc1ccc(N(c2ccccc2)c2ccccc2)cc1. The number of benzene rings is 3. The van der Waals surface area contributed by atoms with Gasteiger partial charge in [-0.3, -0.25) is 4.79 Å². The third-order valence-electron chi connectivity index (χ3n) is 4.32. The van der Waals surface area contributed by atoms with E-state index in [0.29, 0.717) is 19.4 Å². The molecular formula is C25H25NO2. The fourth-order valence-electron chi connectivity index (χ4n) is 2.94. The Morgan fingerprint density at radius 3 is 1.82 bits per heavy atom. The smallest absolute Gasteiger partial charge is 0.306 e. The van der Waals surface area contributed by atoms with E-state index in [2.05, 4.69) is 60.0 Å². The van der Waals surface area contributed by atoms with Crippen molar-refractivity contribution in [2.45, 2.75) is 19.8 Å². The normalized spacial score (nSPS) is 10.3. The van der Waals surface area contributed by atoms with E-state index in [9.17, 15) is 4.79 Å². The Morgan fingerprint density at radius 1 is 0.821 bits per heavy atom. The first-order valence-corrected chi connectivity index (χ1v) is 9.42. The number of carbonyl (C=O) groups is 1. The summed E-state index contributed by atoms with van der Waals surface area (Å²) in [7, 11) is 0. The minimum Gasteiger partial charge on any atom is -0.461 e. The molecule has 0 N–H and O–H groups in total. The van der Waals surface area contributed by atoms with Crippen molar-refractivity contribution in [1.29, 1.82) is 0 Å². The summed E-state index contributed by atoms with van der Waals surface area (Å²) in [6.45, 7) is 5.88. The number of ether oxygens (including phenoxy) is 1. The van der Waals surface area contributed by atoms with Crippen molar-refractivity contribution < 1.29 is 9.53 Å². The summed E-state index contributed by atoms with van der Waals surface area (Å²) >= 11 is 0. The Bertz CT molecular complexity index is 863. The Kier molecular flexibility index (Phi) is 6.64. The van der Waals surface area contributed by atoms with Gasteiger partial charge in [0.15, 0.2) is 0 Å². The quantitative estimate of drug-likeness (QED) is 0.348. The molecule has 0 spiro atoms. The molecule has 0 heterocycles. The molecular weight excluding hydrogens is 346 g/mol. The van der Waals surface area contributed by atoms with Crippen molar-refractivity contribution in [1.82, 2.24) is 0 Å². The molecule has 0 aliphatic carbocycles. The van der Waals surface area contributed by atoms with Gasteiger partial charge in [0.2, 0.25) is 0 Å². The molecule has 3 aromatic rings. The molecule has 0 radical (unpaired) electrons. The first-order valence-electron chi connectivity index (χ1n) is 9.42. The van der Waals surface area contributed by atoms with Gasteiger partial charge in [-0.1, -0.05) is 55.1 Å². The molecule has 0 unspecified atom stereocenters. The van der Waals surface area contributed by atoms with Crippen molar-refractivity contribution in [3.63, 3.8) is 0 Å². The lowest BCUT2D eigenvalue weighted by Crippen LogP contribution is -2.10. The summed E-state index contributed by atoms with van der Waals surface area (Å²) in [5.41, 5.74) is 5.23. The highest BCUT2D eigenvalue weighted by molar-refractivity contribution is 5.76. The Hall–Kier alpha value is -3.33. The van der Waals surface area contributed by atoms with Crippen molar-refractivity contribution in [3.8, 4) is 0 Å². The summed E-state index contributed by atoms with van der Waals surface area (Å²) in [6, 6.07) is 28.9. The predicted molar refractivity (Wildman–Crippen MR) is 115 cm³/mol. The second kappa shape index (κ2) is 9.56. The van der Waals surface area contributed by atoms with Gasteiger partial charge in [0.25, 0.3) is 0 Å². The number of rotatable bonds is 8. The van der Waals surface area contributed by atoms with E-state index in [1.54, 1.807) is 0 Å². The summed E-state index contributed by atoms with van der Waals surface area (Å²) in [5.74, 6) is -0.192. The Labute approximate surface area is 166 Å². The van der Waals surface area contributed by atoms with E-state index in [-0.39, 0.29) is 5.97 Å². The molecule has 3 nitrogen and oxygen atoms in total. The van der Waals surface area contributed by atoms with Gasteiger partial charge >= 0.3 is 5.97 Å². The van der Waals surface area contributed by atoms with E-state index >= 15 is 0 Å². The number of carbonyl (C=O) groups excluding carboxylic acids is 1. The number of esters is 1. The molecule has 0 saturated carbocycles. The zero-order valence-electron chi connectivity index (χ0n) is 16.2. The van der Waals surface area contributed by atoms with Crippen molar-refractivity contribution >= 4 is 23.0 Å². The van der Waals surface area contributed by atoms with Gasteiger partial charge in [0, 0.05) is 23.5 Å². The third-order valence-corrected chi connectivity index (χ3v) is 4.32. The molecule has 3 rings (SSSR count). The van der Waals surface area contributed by atoms with E-state index in [1.165, 1.54) is 0 Å². The van der Waals surface area contributed by atoms with E-state index in [1.807, 2.05) is 43.3 Å². The van der Waals surface area contributed by atoms with Crippen LogP contribution in [-0.4, -0.2) is 12.6 Å². The fraction of sp³-hybridized carbons (Fsp3) is 0.160. The number of hydrogen-bond acceptors (Lipinski definition) is 3. The largest absolute Gasteiger partial charge is 0.461 e. The van der Waals surface area contributed by atoms with Crippen LogP contribution < -0.4 is 4.90 Å². The maximum Gasteiger partial charge on any atom is 0.306 e. The first kappa shape index (κ1) is 19.4. The van der Waals surface area contributed by atoms with Gasteiger partial charge in [0.05, 0.1) is 0 Å². The zero-order valence-corrected chi connectivity index (χ0v) is 16.2.